The largest absolute Gasteiger partial charge is 0.472 e. The number of aliphatic hydroxyl groups is 1. The Morgan fingerprint density at radius 1 is 0.283 bits per heavy atom. The third-order valence-corrected chi connectivity index (χ3v) is 18.4. The summed E-state index contributed by atoms with van der Waals surface area (Å²) < 4.78 is 68.5. The third kappa shape index (κ3) is 76.9. The van der Waals surface area contributed by atoms with E-state index in [1.165, 1.54) is 64.2 Å². The average Bonchev–Trinajstić information content (AvgIpc) is 0.902. The van der Waals surface area contributed by atoms with Gasteiger partial charge in [0.25, 0.3) is 0 Å². The van der Waals surface area contributed by atoms with Crippen LogP contribution < -0.4 is 0 Å². The second kappa shape index (κ2) is 77.8. The highest BCUT2D eigenvalue weighted by atomic mass is 31.2. The van der Waals surface area contributed by atoms with Crippen molar-refractivity contribution in [2.45, 2.75) is 329 Å². The fourth-order valence-corrected chi connectivity index (χ4v) is 12.0. The Hall–Kier alpha value is -5.32. The fourth-order valence-electron chi connectivity index (χ4n) is 10.5. The van der Waals surface area contributed by atoms with Crippen LogP contribution in [0.15, 0.2) is 158 Å². The number of rotatable bonds is 75. The van der Waals surface area contributed by atoms with Crippen LogP contribution in [0.3, 0.4) is 0 Å². The Morgan fingerprint density at radius 3 is 0.849 bits per heavy atom. The number of unbranched alkanes of at least 4 members (excludes halogenated alkanes) is 24. The predicted molar refractivity (Wildman–Crippen MR) is 436 cm³/mol. The molecule has 0 aromatic carbocycles. The minimum absolute atomic E-state index is 0.0691. The molecular weight excluding hydrogens is 1380 g/mol. The van der Waals surface area contributed by atoms with E-state index in [1.807, 2.05) is 18.2 Å². The number of aliphatic hydroxyl groups excluding tert-OH is 1. The summed E-state index contributed by atoms with van der Waals surface area (Å²) in [5.74, 6) is -2.37. The van der Waals surface area contributed by atoms with Crippen LogP contribution in [0.4, 0.5) is 0 Å². The summed E-state index contributed by atoms with van der Waals surface area (Å²) in [6.07, 6.45) is 91.0. The monoisotopic (exact) mass is 1520 g/mol. The van der Waals surface area contributed by atoms with E-state index in [1.54, 1.807) is 6.08 Å². The third-order valence-electron chi connectivity index (χ3n) is 16.5. The zero-order valence-electron chi connectivity index (χ0n) is 66.1. The van der Waals surface area contributed by atoms with E-state index < -0.39 is 97.5 Å². The Labute approximate surface area is 642 Å². The molecule has 0 aromatic heterocycles. The van der Waals surface area contributed by atoms with E-state index in [-0.39, 0.29) is 25.7 Å². The van der Waals surface area contributed by atoms with Gasteiger partial charge in [-0.3, -0.25) is 37.3 Å². The van der Waals surface area contributed by atoms with Crippen molar-refractivity contribution in [1.29, 1.82) is 0 Å². The van der Waals surface area contributed by atoms with Crippen molar-refractivity contribution in [3.63, 3.8) is 0 Å². The van der Waals surface area contributed by atoms with E-state index in [2.05, 4.69) is 161 Å². The van der Waals surface area contributed by atoms with Crippen molar-refractivity contribution in [1.82, 2.24) is 0 Å². The minimum atomic E-state index is -5.00. The molecule has 19 heteroatoms. The van der Waals surface area contributed by atoms with Gasteiger partial charge in [0, 0.05) is 19.3 Å². The number of esters is 4. The number of hydrogen-bond acceptors (Lipinski definition) is 15. The van der Waals surface area contributed by atoms with Gasteiger partial charge in [0.2, 0.25) is 0 Å². The second-order valence-corrected chi connectivity index (χ2v) is 29.5. The maximum atomic E-state index is 13.1. The highest BCUT2D eigenvalue weighted by molar-refractivity contribution is 7.47. The first-order valence-electron chi connectivity index (χ1n) is 40.7. The van der Waals surface area contributed by atoms with E-state index in [0.717, 1.165) is 167 Å². The molecular formula is C87H144O17P2. The molecule has 0 amide bonds. The van der Waals surface area contributed by atoms with Crippen molar-refractivity contribution in [2.24, 2.45) is 0 Å². The first kappa shape index (κ1) is 101. The lowest BCUT2D eigenvalue weighted by Crippen LogP contribution is -2.30. The molecule has 0 rings (SSSR count). The topological polar surface area (TPSA) is 237 Å². The van der Waals surface area contributed by atoms with Gasteiger partial charge in [-0.1, -0.05) is 314 Å². The lowest BCUT2D eigenvalue weighted by atomic mass is 10.0. The molecule has 0 fully saturated rings. The summed E-state index contributed by atoms with van der Waals surface area (Å²) in [6, 6.07) is 0. The molecule has 0 aromatic rings. The van der Waals surface area contributed by atoms with Gasteiger partial charge in [-0.25, -0.2) is 9.13 Å². The van der Waals surface area contributed by atoms with E-state index >= 15 is 0 Å². The van der Waals surface area contributed by atoms with Gasteiger partial charge in [0.1, 0.15) is 19.3 Å². The van der Waals surface area contributed by atoms with Gasteiger partial charge >= 0.3 is 39.5 Å². The molecule has 17 nitrogen and oxygen atoms in total. The molecule has 0 heterocycles. The highest BCUT2D eigenvalue weighted by Gasteiger charge is 2.30. The first-order valence-corrected chi connectivity index (χ1v) is 43.7. The summed E-state index contributed by atoms with van der Waals surface area (Å²) in [7, 11) is -10.0. The van der Waals surface area contributed by atoms with Crippen molar-refractivity contribution >= 4 is 39.5 Å². The van der Waals surface area contributed by atoms with Crippen LogP contribution in [0.1, 0.15) is 310 Å². The van der Waals surface area contributed by atoms with E-state index in [0.29, 0.717) is 25.7 Å². The molecule has 0 spiro atoms. The van der Waals surface area contributed by atoms with Crippen LogP contribution in [0.25, 0.3) is 0 Å². The zero-order chi connectivity index (χ0) is 77.4. The molecule has 0 aliphatic heterocycles. The number of carbonyl (C=O) groups excluding carboxylic acids is 4. The van der Waals surface area contributed by atoms with E-state index in [9.17, 15) is 43.2 Å². The predicted octanol–water partition coefficient (Wildman–Crippen LogP) is 24.0. The number of allylic oxidation sites excluding steroid dienone is 25. The Morgan fingerprint density at radius 2 is 0.528 bits per heavy atom. The number of phosphoric ester groups is 2. The molecule has 5 unspecified atom stereocenters. The molecule has 0 aliphatic carbocycles. The molecule has 0 saturated carbocycles. The van der Waals surface area contributed by atoms with Gasteiger partial charge < -0.3 is 33.8 Å². The molecule has 604 valence electrons. The number of carbonyl (C=O) groups is 4. The Bertz CT molecular complexity index is 2630. The van der Waals surface area contributed by atoms with Gasteiger partial charge in [0.05, 0.1) is 32.8 Å². The maximum absolute atomic E-state index is 13.1. The van der Waals surface area contributed by atoms with Crippen molar-refractivity contribution in [3.8, 4) is 0 Å². The number of hydrogen-bond donors (Lipinski definition) is 3. The smallest absolute Gasteiger partial charge is 0.462 e. The molecule has 0 radical (unpaired) electrons. The van der Waals surface area contributed by atoms with Crippen LogP contribution in [-0.2, 0) is 65.4 Å². The lowest BCUT2D eigenvalue weighted by molar-refractivity contribution is -0.161. The van der Waals surface area contributed by atoms with Crippen LogP contribution >= 0.6 is 15.6 Å². The molecule has 0 bridgehead atoms. The normalized spacial score (nSPS) is 14.7. The number of ether oxygens (including phenoxy) is 4. The van der Waals surface area contributed by atoms with Crippen molar-refractivity contribution in [2.75, 3.05) is 39.6 Å². The van der Waals surface area contributed by atoms with Gasteiger partial charge in [-0.05, 0) is 128 Å². The summed E-state index contributed by atoms with van der Waals surface area (Å²) >= 11 is 0. The average molecular weight is 1520 g/mol. The van der Waals surface area contributed by atoms with Crippen LogP contribution in [0.2, 0.25) is 0 Å². The first-order chi connectivity index (χ1) is 51.7. The van der Waals surface area contributed by atoms with Gasteiger partial charge in [0.15, 0.2) is 12.2 Å². The maximum Gasteiger partial charge on any atom is 0.472 e. The standard InChI is InChI=1S/C87H144O17P2/c1-5-9-13-17-21-25-29-33-37-39-40-42-45-48-52-56-60-64-68-72-85(90)98-78-83(104-87(92)74-70-66-62-58-54-50-46-41-38-34-30-26-22-18-14-10-6-2)80-102-106(95,96)100-76-81(88)75-99-105(93,94)101-79-82(103-86(91)73-69-65-61-57-53-49-44-36-32-28-24-20-16-12-8-4)77-97-84(89)71-67-63-59-55-51-47-43-35-31-27-23-19-15-11-7-3/h9-11,13-15,21-23,25-27,33-35,37-38,40,42-43,48,51-52,55,63,67,81-83,88H,5-8,12,16-20,24,28-32,36,39,41,44-47,49-50,53-54,56-62,64-66,68-80H2,1-4H3,(H,93,94)(H,95,96)/b13-9-,14-10-,15-11-,25-21-,26-22-,27-23-,37-33-,38-34-,42-40-,43-35-,52-48-,55-51-,67-63-. The zero-order valence-corrected chi connectivity index (χ0v) is 67.8. The quantitative estimate of drug-likeness (QED) is 0.0169. The molecule has 106 heavy (non-hydrogen) atoms. The number of phosphoric acid groups is 2. The summed E-state index contributed by atoms with van der Waals surface area (Å²) in [6.45, 7) is 4.39. The Balaban J connectivity index is 5.47. The van der Waals surface area contributed by atoms with Gasteiger partial charge in [-0.2, -0.15) is 0 Å². The molecule has 0 aliphatic rings. The van der Waals surface area contributed by atoms with Crippen LogP contribution in [0, 0.1) is 0 Å². The minimum Gasteiger partial charge on any atom is -0.462 e. The molecule has 5 atom stereocenters. The van der Waals surface area contributed by atoms with Crippen LogP contribution in [0.5, 0.6) is 0 Å². The molecule has 0 saturated heterocycles. The van der Waals surface area contributed by atoms with E-state index in [4.69, 9.17) is 37.0 Å². The van der Waals surface area contributed by atoms with Crippen molar-refractivity contribution in [3.05, 3.63) is 158 Å². The van der Waals surface area contributed by atoms with Crippen molar-refractivity contribution < 1.29 is 80.2 Å². The summed E-state index contributed by atoms with van der Waals surface area (Å²) in [5, 5.41) is 10.7. The molecule has 3 N–H and O–H groups in total. The SMILES string of the molecule is CC/C=C\C/C=C\C/C=C\C/C=C\C/C=C\CCCCCC(=O)OCC(COP(=O)(O)OCC(O)COP(=O)(O)OCC(COC(=O)C/C=C\C/C=C\C/C=C\C/C=C\C/C=C\CC)OC(=O)CCCCCCCCCCCCCCCCC)OC(=O)CCCCCCCCC/C=C\C/C=C\C/C=C\CC. The highest BCUT2D eigenvalue weighted by Crippen LogP contribution is 2.45. The summed E-state index contributed by atoms with van der Waals surface area (Å²) in [5.41, 5.74) is 0. The summed E-state index contributed by atoms with van der Waals surface area (Å²) in [4.78, 5) is 73.0. The van der Waals surface area contributed by atoms with Gasteiger partial charge in [-0.15, -0.1) is 0 Å². The Kier molecular flexibility index (Phi) is 73.9. The second-order valence-electron chi connectivity index (χ2n) is 26.6. The fraction of sp³-hybridized carbons (Fsp3) is 0.655. The van der Waals surface area contributed by atoms with Crippen LogP contribution in [-0.4, -0.2) is 96.7 Å². The lowest BCUT2D eigenvalue weighted by Gasteiger charge is -2.21.